The summed E-state index contributed by atoms with van der Waals surface area (Å²) >= 11 is 0. The third-order valence-electron chi connectivity index (χ3n) is 5.54. The first-order valence-electron chi connectivity index (χ1n) is 9.01. The Balaban J connectivity index is 1.50. The summed E-state index contributed by atoms with van der Waals surface area (Å²) in [7, 11) is 0. The van der Waals surface area contributed by atoms with E-state index in [1.165, 1.54) is 57.8 Å². The van der Waals surface area contributed by atoms with Gasteiger partial charge in [0.25, 0.3) is 0 Å². The molecule has 1 heterocycles. The lowest BCUT2D eigenvalue weighted by atomic mass is 9.81. The third kappa shape index (κ3) is 3.81. The molecule has 2 aliphatic carbocycles. The second kappa shape index (κ2) is 6.85. The van der Waals surface area contributed by atoms with Crippen LogP contribution in [0.4, 0.5) is 5.95 Å². The van der Waals surface area contributed by atoms with E-state index < -0.39 is 0 Å². The molecule has 118 valence electrons. The predicted molar refractivity (Wildman–Crippen MR) is 88.7 cm³/mol. The summed E-state index contributed by atoms with van der Waals surface area (Å²) in [6, 6.07) is 0.684. The number of imidazole rings is 1. The monoisotopic (exact) mass is 289 g/mol. The molecule has 2 aliphatic rings. The zero-order chi connectivity index (χ0) is 14.7. The van der Waals surface area contributed by atoms with Crippen molar-refractivity contribution < 1.29 is 0 Å². The molecule has 0 unspecified atom stereocenters. The zero-order valence-electron chi connectivity index (χ0n) is 13.8. The van der Waals surface area contributed by atoms with Gasteiger partial charge >= 0.3 is 0 Å². The SMILES string of the molecule is Cc1cn(C2CCCC2)c(NCCC2CCC(C)CC2)n1. The van der Waals surface area contributed by atoms with Crippen LogP contribution in [0.25, 0.3) is 0 Å². The minimum Gasteiger partial charge on any atom is -0.356 e. The van der Waals surface area contributed by atoms with Crippen molar-refractivity contribution >= 4 is 5.95 Å². The first-order valence-corrected chi connectivity index (χ1v) is 9.01. The van der Waals surface area contributed by atoms with Crippen LogP contribution in [0.3, 0.4) is 0 Å². The van der Waals surface area contributed by atoms with Crippen molar-refractivity contribution in [2.75, 3.05) is 11.9 Å². The van der Waals surface area contributed by atoms with Crippen molar-refractivity contribution in [1.29, 1.82) is 0 Å². The molecule has 0 atom stereocenters. The highest BCUT2D eigenvalue weighted by Crippen LogP contribution is 2.33. The third-order valence-corrected chi connectivity index (χ3v) is 5.54. The van der Waals surface area contributed by atoms with Gasteiger partial charge in [-0.2, -0.15) is 0 Å². The maximum atomic E-state index is 4.70. The van der Waals surface area contributed by atoms with E-state index in [4.69, 9.17) is 4.98 Å². The molecule has 3 rings (SSSR count). The van der Waals surface area contributed by atoms with E-state index in [1.807, 2.05) is 0 Å². The standard InChI is InChI=1S/C18H31N3/c1-14-7-9-16(10-8-14)11-12-19-18-20-15(2)13-21(18)17-5-3-4-6-17/h13-14,16-17H,3-12H2,1-2H3,(H,19,20). The second-order valence-corrected chi connectivity index (χ2v) is 7.39. The summed E-state index contributed by atoms with van der Waals surface area (Å²) in [5.41, 5.74) is 1.15. The normalized spacial score (nSPS) is 27.1. The molecule has 0 radical (unpaired) electrons. The van der Waals surface area contributed by atoms with Crippen LogP contribution in [0.2, 0.25) is 0 Å². The Kier molecular flexibility index (Phi) is 4.87. The average molecular weight is 289 g/mol. The molecule has 21 heavy (non-hydrogen) atoms. The lowest BCUT2D eigenvalue weighted by Gasteiger charge is -2.26. The second-order valence-electron chi connectivity index (χ2n) is 7.39. The van der Waals surface area contributed by atoms with Crippen molar-refractivity contribution in [1.82, 2.24) is 9.55 Å². The van der Waals surface area contributed by atoms with Crippen LogP contribution in [0.1, 0.15) is 76.4 Å². The summed E-state index contributed by atoms with van der Waals surface area (Å²) in [6.07, 6.45) is 14.7. The van der Waals surface area contributed by atoms with Crippen LogP contribution in [-0.4, -0.2) is 16.1 Å². The molecule has 0 saturated heterocycles. The van der Waals surface area contributed by atoms with Gasteiger partial charge in [0.1, 0.15) is 0 Å². The smallest absolute Gasteiger partial charge is 0.203 e. The molecular weight excluding hydrogens is 258 g/mol. The van der Waals surface area contributed by atoms with E-state index in [0.717, 1.165) is 30.0 Å². The Morgan fingerprint density at radius 1 is 1.14 bits per heavy atom. The number of rotatable bonds is 5. The molecule has 0 bridgehead atoms. The Hall–Kier alpha value is -0.990. The Morgan fingerprint density at radius 3 is 2.57 bits per heavy atom. The van der Waals surface area contributed by atoms with Gasteiger partial charge in [-0.25, -0.2) is 4.98 Å². The van der Waals surface area contributed by atoms with E-state index in [9.17, 15) is 0 Å². The highest BCUT2D eigenvalue weighted by atomic mass is 15.2. The van der Waals surface area contributed by atoms with Gasteiger partial charge in [-0.3, -0.25) is 0 Å². The molecule has 3 nitrogen and oxygen atoms in total. The maximum absolute atomic E-state index is 4.70. The van der Waals surface area contributed by atoms with E-state index in [2.05, 4.69) is 29.9 Å². The number of nitrogens with one attached hydrogen (secondary N) is 1. The van der Waals surface area contributed by atoms with Gasteiger partial charge < -0.3 is 9.88 Å². The average Bonchev–Trinajstić information content (AvgIpc) is 3.10. The van der Waals surface area contributed by atoms with Gasteiger partial charge in [-0.05, 0) is 38.0 Å². The van der Waals surface area contributed by atoms with Crippen LogP contribution in [0, 0.1) is 18.8 Å². The van der Waals surface area contributed by atoms with E-state index in [0.29, 0.717) is 6.04 Å². The van der Waals surface area contributed by atoms with Crippen molar-refractivity contribution in [3.05, 3.63) is 11.9 Å². The zero-order valence-corrected chi connectivity index (χ0v) is 13.8. The molecule has 1 N–H and O–H groups in total. The fraction of sp³-hybridized carbons (Fsp3) is 0.833. The maximum Gasteiger partial charge on any atom is 0.203 e. The Labute approximate surface area is 129 Å². The van der Waals surface area contributed by atoms with Gasteiger partial charge in [-0.15, -0.1) is 0 Å². The summed E-state index contributed by atoms with van der Waals surface area (Å²) in [4.78, 5) is 4.70. The molecule has 2 fully saturated rings. The lowest BCUT2D eigenvalue weighted by Crippen LogP contribution is -2.17. The van der Waals surface area contributed by atoms with Crippen molar-refractivity contribution in [3.8, 4) is 0 Å². The van der Waals surface area contributed by atoms with Gasteiger partial charge in [-0.1, -0.05) is 45.4 Å². The van der Waals surface area contributed by atoms with E-state index in [-0.39, 0.29) is 0 Å². The van der Waals surface area contributed by atoms with Crippen molar-refractivity contribution in [2.24, 2.45) is 11.8 Å². The van der Waals surface area contributed by atoms with Crippen LogP contribution >= 0.6 is 0 Å². The number of aromatic nitrogens is 2. The van der Waals surface area contributed by atoms with E-state index in [1.54, 1.807) is 0 Å². The molecule has 1 aromatic rings. The van der Waals surface area contributed by atoms with Gasteiger partial charge in [0.05, 0.1) is 5.69 Å². The molecule has 0 amide bonds. The number of hydrogen-bond donors (Lipinski definition) is 1. The topological polar surface area (TPSA) is 29.9 Å². The summed E-state index contributed by atoms with van der Waals surface area (Å²) in [5.74, 6) is 3.01. The molecule has 3 heteroatoms. The summed E-state index contributed by atoms with van der Waals surface area (Å²) in [5, 5.41) is 3.62. The summed E-state index contributed by atoms with van der Waals surface area (Å²) in [6.45, 7) is 5.59. The van der Waals surface area contributed by atoms with Gasteiger partial charge in [0, 0.05) is 18.8 Å². The number of aryl methyl sites for hydroxylation is 1. The molecule has 0 aromatic carbocycles. The molecule has 0 spiro atoms. The van der Waals surface area contributed by atoms with Crippen LogP contribution in [-0.2, 0) is 0 Å². The first kappa shape index (κ1) is 14.9. The number of nitrogens with zero attached hydrogens (tertiary/aromatic N) is 2. The number of hydrogen-bond acceptors (Lipinski definition) is 2. The largest absolute Gasteiger partial charge is 0.356 e. The quantitative estimate of drug-likeness (QED) is 0.832. The lowest BCUT2D eigenvalue weighted by molar-refractivity contribution is 0.281. The van der Waals surface area contributed by atoms with Crippen LogP contribution in [0.5, 0.6) is 0 Å². The highest BCUT2D eigenvalue weighted by Gasteiger charge is 2.21. The van der Waals surface area contributed by atoms with Crippen molar-refractivity contribution in [2.45, 2.75) is 77.7 Å². The fourth-order valence-electron chi connectivity index (χ4n) is 4.11. The number of anilines is 1. The van der Waals surface area contributed by atoms with Crippen LogP contribution in [0.15, 0.2) is 6.20 Å². The van der Waals surface area contributed by atoms with Crippen molar-refractivity contribution in [3.63, 3.8) is 0 Å². The highest BCUT2D eigenvalue weighted by molar-refractivity contribution is 5.29. The predicted octanol–water partition coefficient (Wildman–Crippen LogP) is 4.93. The minimum atomic E-state index is 0.684. The molecule has 1 aromatic heterocycles. The van der Waals surface area contributed by atoms with Crippen LogP contribution < -0.4 is 5.32 Å². The molecule has 0 aliphatic heterocycles. The van der Waals surface area contributed by atoms with Gasteiger partial charge in [0.15, 0.2) is 0 Å². The van der Waals surface area contributed by atoms with E-state index >= 15 is 0 Å². The molecular formula is C18H31N3. The first-order chi connectivity index (χ1) is 10.2. The fourth-order valence-corrected chi connectivity index (χ4v) is 4.11. The Morgan fingerprint density at radius 2 is 1.86 bits per heavy atom. The minimum absolute atomic E-state index is 0.684. The Bertz CT molecular complexity index is 437. The summed E-state index contributed by atoms with van der Waals surface area (Å²) < 4.78 is 2.41. The molecule has 2 saturated carbocycles. The van der Waals surface area contributed by atoms with Gasteiger partial charge in [0.2, 0.25) is 5.95 Å².